The van der Waals surface area contributed by atoms with Crippen LogP contribution in [0.2, 0.25) is 23.7 Å². The van der Waals surface area contributed by atoms with E-state index in [1.54, 1.807) is 35.0 Å². The maximum atomic E-state index is 16.7. The largest absolute Gasteiger partial charge is 0.394 e. The Balaban J connectivity index is 1.02. The minimum Gasteiger partial charge on any atom is -0.394 e. The van der Waals surface area contributed by atoms with Gasteiger partial charge in [0.15, 0.2) is 5.60 Å². The van der Waals surface area contributed by atoms with Gasteiger partial charge in [-0.2, -0.15) is 0 Å². The molecule has 9 rings (SSSR count). The molecule has 2 spiro atoms. The molecular formula is C46H51ClFN5O5Si. The van der Waals surface area contributed by atoms with E-state index in [0.717, 1.165) is 41.2 Å². The molecule has 0 saturated carbocycles. The highest BCUT2D eigenvalue weighted by Gasteiger charge is 2.67. The molecule has 5 aliphatic rings. The summed E-state index contributed by atoms with van der Waals surface area (Å²) in [5, 5.41) is 14.2. The fraction of sp³-hybridized carbons (Fsp3) is 0.413. The van der Waals surface area contributed by atoms with Gasteiger partial charge in [0.2, 0.25) is 14.3 Å². The summed E-state index contributed by atoms with van der Waals surface area (Å²) in [4.78, 5) is 51.4. The first-order valence-corrected chi connectivity index (χ1v) is 24.1. The lowest BCUT2D eigenvalue weighted by atomic mass is 9.82. The molecule has 3 amide bonds. The second kappa shape index (κ2) is 15.1. The van der Waals surface area contributed by atoms with Crippen LogP contribution in [0.25, 0.3) is 0 Å². The zero-order valence-corrected chi connectivity index (χ0v) is 35.5. The van der Waals surface area contributed by atoms with E-state index in [4.69, 9.17) is 16.3 Å². The maximum Gasteiger partial charge on any atom is 0.264 e. The zero-order chi connectivity index (χ0) is 41.3. The van der Waals surface area contributed by atoms with Crippen molar-refractivity contribution in [3.8, 4) is 0 Å². The van der Waals surface area contributed by atoms with Crippen LogP contribution in [0.15, 0.2) is 97.1 Å². The summed E-state index contributed by atoms with van der Waals surface area (Å²) < 4.78 is 23.6. The maximum absolute atomic E-state index is 16.7. The number of carbonyl (C=O) groups excluding carboxylic acids is 3. The molecule has 5 heterocycles. The highest BCUT2D eigenvalue weighted by Crippen LogP contribution is 2.60. The van der Waals surface area contributed by atoms with Gasteiger partial charge in [0.25, 0.3) is 11.8 Å². The number of aliphatic hydroxyl groups is 1. The van der Waals surface area contributed by atoms with Crippen LogP contribution in [-0.2, 0) is 44.2 Å². The van der Waals surface area contributed by atoms with Crippen LogP contribution >= 0.6 is 11.6 Å². The first-order chi connectivity index (χ1) is 28.4. The van der Waals surface area contributed by atoms with Crippen molar-refractivity contribution in [3.05, 3.63) is 124 Å². The molecule has 5 aliphatic heterocycles. The summed E-state index contributed by atoms with van der Waals surface area (Å²) in [5.41, 5.74) is 2.94. The van der Waals surface area contributed by atoms with Crippen LogP contribution < -0.4 is 20.0 Å². The Hall–Kier alpha value is -4.59. The van der Waals surface area contributed by atoms with Gasteiger partial charge in [-0.05, 0) is 105 Å². The lowest BCUT2D eigenvalue weighted by molar-refractivity contribution is -0.151. The Kier molecular flexibility index (Phi) is 10.2. The number of amides is 3. The van der Waals surface area contributed by atoms with Crippen molar-refractivity contribution in [3.63, 3.8) is 0 Å². The number of fused-ring (bicyclic) bond motifs is 3. The zero-order valence-electron chi connectivity index (χ0n) is 33.7. The summed E-state index contributed by atoms with van der Waals surface area (Å²) in [5.74, 6) is -1.12. The Morgan fingerprint density at radius 3 is 2.37 bits per heavy atom. The van der Waals surface area contributed by atoms with Crippen molar-refractivity contribution in [1.82, 2.24) is 10.2 Å². The molecule has 2 N–H and O–H groups in total. The second-order valence-electron chi connectivity index (χ2n) is 17.4. The van der Waals surface area contributed by atoms with Gasteiger partial charge in [-0.15, -0.1) is 0 Å². The first-order valence-electron chi connectivity index (χ1n) is 20.8. The molecule has 59 heavy (non-hydrogen) atoms. The number of aliphatic hydroxyl groups excluding tert-OH is 1. The van der Waals surface area contributed by atoms with E-state index in [-0.39, 0.29) is 37.3 Å². The predicted molar refractivity (Wildman–Crippen MR) is 229 cm³/mol. The number of anilines is 3. The second-order valence-corrected chi connectivity index (χ2v) is 21.7. The van der Waals surface area contributed by atoms with Gasteiger partial charge in [0.1, 0.15) is 5.54 Å². The molecule has 5 atom stereocenters. The number of halogens is 2. The van der Waals surface area contributed by atoms with Crippen molar-refractivity contribution in [2.75, 3.05) is 41.1 Å². The van der Waals surface area contributed by atoms with E-state index < -0.39 is 43.2 Å². The van der Waals surface area contributed by atoms with Crippen LogP contribution in [0.5, 0.6) is 0 Å². The van der Waals surface area contributed by atoms with E-state index in [1.807, 2.05) is 84.6 Å². The van der Waals surface area contributed by atoms with Crippen molar-refractivity contribution >= 4 is 54.8 Å². The first kappa shape index (κ1) is 39.8. The van der Waals surface area contributed by atoms with E-state index in [1.165, 1.54) is 0 Å². The molecule has 0 bridgehead atoms. The number of nitrogens with zero attached hydrogens (tertiary/aromatic N) is 4. The third kappa shape index (κ3) is 6.58. The van der Waals surface area contributed by atoms with E-state index in [2.05, 4.69) is 22.3 Å². The van der Waals surface area contributed by atoms with Gasteiger partial charge >= 0.3 is 0 Å². The normalized spacial score (nSPS) is 26.3. The summed E-state index contributed by atoms with van der Waals surface area (Å²) >= 11 is 6.65. The topological polar surface area (TPSA) is 106 Å². The van der Waals surface area contributed by atoms with Gasteiger partial charge in [0.05, 0.1) is 44.1 Å². The molecule has 0 aromatic heterocycles. The summed E-state index contributed by atoms with van der Waals surface area (Å²) in [6, 6.07) is 30.6. The Labute approximate surface area is 351 Å². The lowest BCUT2D eigenvalue weighted by Crippen LogP contribution is -2.55. The van der Waals surface area contributed by atoms with Gasteiger partial charge in [-0.25, -0.2) is 0 Å². The molecule has 3 saturated heterocycles. The van der Waals surface area contributed by atoms with Gasteiger partial charge < -0.3 is 34.0 Å². The van der Waals surface area contributed by atoms with E-state index in [0.29, 0.717) is 48.7 Å². The molecule has 4 aromatic carbocycles. The molecule has 0 aliphatic carbocycles. The quantitative estimate of drug-likeness (QED) is 0.147. The fourth-order valence-corrected chi connectivity index (χ4v) is 13.5. The average molecular weight is 836 g/mol. The summed E-state index contributed by atoms with van der Waals surface area (Å²) in [6.07, 6.45) is 0.906. The monoisotopic (exact) mass is 835 g/mol. The van der Waals surface area contributed by atoms with Crippen LogP contribution in [0.4, 0.5) is 21.2 Å². The summed E-state index contributed by atoms with van der Waals surface area (Å²) in [6.45, 7) is 7.33. The number of hydrogen-bond acceptors (Lipinski definition) is 7. The molecule has 13 heteroatoms. The summed E-state index contributed by atoms with van der Waals surface area (Å²) in [7, 11) is -3.57. The molecule has 0 radical (unpaired) electrons. The molecule has 3 fully saturated rings. The predicted octanol–water partition coefficient (Wildman–Crippen LogP) is 6.93. The number of piperidine rings is 1. The smallest absolute Gasteiger partial charge is 0.264 e. The third-order valence-electron chi connectivity index (χ3n) is 13.7. The average Bonchev–Trinajstić information content (AvgIpc) is 3.77. The number of hydrogen-bond donors (Lipinski definition) is 2. The van der Waals surface area contributed by atoms with E-state index >= 15 is 8.90 Å². The SMILES string of the molecule is C[C@@H]1[C@@H]([Si](C)(C)F)[C@H](CC(=O)N2Cc3ccccc3C[C@H]2CO)O[C@@]12C(=O)N(Cc1cccc(N3CN(c4ccccc4)C4(CCNCC4)C3=O)c1)c1ccc(Cl)cc12. The fourth-order valence-electron chi connectivity index (χ4n) is 10.9. The Morgan fingerprint density at radius 2 is 1.64 bits per heavy atom. The lowest BCUT2D eigenvalue weighted by Gasteiger charge is -2.39. The van der Waals surface area contributed by atoms with Crippen LogP contribution in [0, 0.1) is 5.92 Å². The minimum absolute atomic E-state index is 0.0630. The van der Waals surface area contributed by atoms with Crippen LogP contribution in [-0.4, -0.2) is 80.2 Å². The van der Waals surface area contributed by atoms with Crippen molar-refractivity contribution in [2.24, 2.45) is 5.92 Å². The third-order valence-corrected chi connectivity index (χ3v) is 16.4. The van der Waals surface area contributed by atoms with Gasteiger partial charge in [0, 0.05) is 40.0 Å². The van der Waals surface area contributed by atoms with Crippen molar-refractivity contribution in [2.45, 2.75) is 87.6 Å². The van der Waals surface area contributed by atoms with Gasteiger partial charge in [-0.1, -0.05) is 73.1 Å². The van der Waals surface area contributed by atoms with Crippen molar-refractivity contribution in [1.29, 1.82) is 0 Å². The van der Waals surface area contributed by atoms with Crippen LogP contribution in [0.1, 0.15) is 48.4 Å². The number of rotatable bonds is 8. The highest BCUT2D eigenvalue weighted by molar-refractivity contribution is 6.72. The number of nitrogens with one attached hydrogen (secondary N) is 1. The van der Waals surface area contributed by atoms with Gasteiger partial charge in [-0.3, -0.25) is 19.3 Å². The standard InChI is InChI=1S/C46H51ClFN5O5Si/c1-30-42(59(2,3)48)40(25-41(55)50-27-33-12-8-7-11-32(33)23-37(50)28-54)58-46(30)38-24-34(47)16-17-39(38)51(44(46)57)26-31-10-9-15-36(22-31)52-29-53(35-13-5-4-6-14-35)45(43(52)56)18-20-49-21-19-45/h4-17,22,24,30,37,40,42,49,54H,18-21,23,25-29H2,1-3H3/t30-,37+,40+,42-,46+/m1/s1. The molecule has 4 aromatic rings. The van der Waals surface area contributed by atoms with E-state index in [9.17, 15) is 14.7 Å². The Bertz CT molecular complexity index is 2290. The number of carbonyl (C=O) groups is 3. The molecule has 0 unspecified atom stereocenters. The van der Waals surface area contributed by atoms with Crippen molar-refractivity contribution < 1.29 is 28.3 Å². The molecule has 308 valence electrons. The number of ether oxygens (including phenoxy) is 1. The minimum atomic E-state index is -3.57. The van der Waals surface area contributed by atoms with Crippen LogP contribution in [0.3, 0.4) is 0 Å². The number of para-hydroxylation sites is 1. The highest BCUT2D eigenvalue weighted by atomic mass is 35.5. The molecule has 10 nitrogen and oxygen atoms in total. The number of benzene rings is 4. The molecular weight excluding hydrogens is 785 g/mol. The Morgan fingerprint density at radius 1 is 0.932 bits per heavy atom.